The van der Waals surface area contributed by atoms with E-state index in [2.05, 4.69) is 5.32 Å². The van der Waals surface area contributed by atoms with Crippen LogP contribution in [0.15, 0.2) is 60.7 Å². The highest BCUT2D eigenvalue weighted by molar-refractivity contribution is 5.87. The topological polar surface area (TPSA) is 58.6 Å². The van der Waals surface area contributed by atoms with Gasteiger partial charge in [-0.25, -0.2) is 0 Å². The Morgan fingerprint density at radius 2 is 1.68 bits per heavy atom. The smallest absolute Gasteiger partial charge is 0.242 e. The SMILES string of the molecule is CCCNC(=O)[C@@H](C)N(Cc1ccccc1)C(=O)CCCOc1ccccc1. The molecule has 0 bridgehead atoms. The highest BCUT2D eigenvalue weighted by atomic mass is 16.5. The molecule has 0 fully saturated rings. The van der Waals surface area contributed by atoms with E-state index in [1.165, 1.54) is 0 Å². The van der Waals surface area contributed by atoms with E-state index in [1.807, 2.05) is 67.6 Å². The third-order valence-corrected chi connectivity index (χ3v) is 4.46. The van der Waals surface area contributed by atoms with Crippen molar-refractivity contribution in [1.29, 1.82) is 0 Å². The number of hydrogen-bond donors (Lipinski definition) is 1. The molecule has 2 rings (SSSR count). The number of carbonyl (C=O) groups excluding carboxylic acids is 2. The average molecular weight is 383 g/mol. The van der Waals surface area contributed by atoms with Crippen LogP contribution in [-0.4, -0.2) is 35.9 Å². The van der Waals surface area contributed by atoms with E-state index in [9.17, 15) is 9.59 Å². The van der Waals surface area contributed by atoms with Crippen LogP contribution in [0.4, 0.5) is 0 Å². The zero-order valence-corrected chi connectivity index (χ0v) is 16.8. The summed E-state index contributed by atoms with van der Waals surface area (Å²) in [6.45, 7) is 5.28. The number of rotatable bonds is 11. The molecule has 0 saturated carbocycles. The highest BCUT2D eigenvalue weighted by Gasteiger charge is 2.25. The van der Waals surface area contributed by atoms with Crippen LogP contribution in [0.2, 0.25) is 0 Å². The Balaban J connectivity index is 1.94. The summed E-state index contributed by atoms with van der Waals surface area (Å²) in [6, 6.07) is 18.8. The summed E-state index contributed by atoms with van der Waals surface area (Å²) >= 11 is 0. The first-order chi connectivity index (χ1) is 13.6. The van der Waals surface area contributed by atoms with Crippen molar-refractivity contribution < 1.29 is 14.3 Å². The predicted molar refractivity (Wildman–Crippen MR) is 111 cm³/mol. The summed E-state index contributed by atoms with van der Waals surface area (Å²) in [5, 5.41) is 2.88. The van der Waals surface area contributed by atoms with Gasteiger partial charge in [-0.15, -0.1) is 0 Å². The maximum absolute atomic E-state index is 12.9. The Morgan fingerprint density at radius 1 is 1.04 bits per heavy atom. The number of benzene rings is 2. The van der Waals surface area contributed by atoms with Crippen molar-refractivity contribution in [2.45, 2.75) is 45.7 Å². The molecule has 5 nitrogen and oxygen atoms in total. The van der Waals surface area contributed by atoms with E-state index >= 15 is 0 Å². The normalized spacial score (nSPS) is 11.5. The van der Waals surface area contributed by atoms with Crippen molar-refractivity contribution in [2.75, 3.05) is 13.2 Å². The van der Waals surface area contributed by atoms with Crippen LogP contribution < -0.4 is 10.1 Å². The van der Waals surface area contributed by atoms with Crippen molar-refractivity contribution in [3.8, 4) is 5.75 Å². The molecular weight excluding hydrogens is 352 g/mol. The fourth-order valence-corrected chi connectivity index (χ4v) is 2.83. The third-order valence-electron chi connectivity index (χ3n) is 4.46. The summed E-state index contributed by atoms with van der Waals surface area (Å²) in [7, 11) is 0. The Morgan fingerprint density at radius 3 is 2.32 bits per heavy atom. The maximum atomic E-state index is 12.9. The largest absolute Gasteiger partial charge is 0.494 e. The lowest BCUT2D eigenvalue weighted by Crippen LogP contribution is -2.47. The first-order valence-corrected chi connectivity index (χ1v) is 9.90. The molecule has 2 aromatic carbocycles. The number of para-hydroxylation sites is 1. The molecule has 0 aliphatic carbocycles. The molecule has 150 valence electrons. The molecule has 0 aliphatic rings. The summed E-state index contributed by atoms with van der Waals surface area (Å²) in [4.78, 5) is 26.9. The zero-order valence-electron chi connectivity index (χ0n) is 16.8. The maximum Gasteiger partial charge on any atom is 0.242 e. The van der Waals surface area contributed by atoms with E-state index in [-0.39, 0.29) is 11.8 Å². The van der Waals surface area contributed by atoms with Gasteiger partial charge in [0, 0.05) is 19.5 Å². The standard InChI is InChI=1S/C23H30N2O3/c1-3-16-24-23(27)19(2)25(18-20-11-6-4-7-12-20)22(26)15-10-17-28-21-13-8-5-9-14-21/h4-9,11-14,19H,3,10,15-18H2,1-2H3,(H,24,27)/t19-/m1/s1. The van der Waals surface area contributed by atoms with E-state index in [0.717, 1.165) is 17.7 Å². The lowest BCUT2D eigenvalue weighted by atomic mass is 10.1. The van der Waals surface area contributed by atoms with E-state index in [0.29, 0.717) is 32.5 Å². The Labute approximate surface area is 167 Å². The van der Waals surface area contributed by atoms with Gasteiger partial charge in [0.1, 0.15) is 11.8 Å². The Hall–Kier alpha value is -2.82. The Bertz CT molecular complexity index is 719. The zero-order chi connectivity index (χ0) is 20.2. The lowest BCUT2D eigenvalue weighted by Gasteiger charge is -2.29. The second-order valence-corrected chi connectivity index (χ2v) is 6.74. The lowest BCUT2D eigenvalue weighted by molar-refractivity contribution is -0.140. The minimum absolute atomic E-state index is 0.0420. The van der Waals surface area contributed by atoms with Gasteiger partial charge in [0.15, 0.2) is 0 Å². The van der Waals surface area contributed by atoms with Gasteiger partial charge in [0.05, 0.1) is 6.61 Å². The molecule has 0 spiro atoms. The van der Waals surface area contributed by atoms with Gasteiger partial charge in [0.25, 0.3) is 0 Å². The van der Waals surface area contributed by atoms with Crippen molar-refractivity contribution >= 4 is 11.8 Å². The molecular formula is C23H30N2O3. The van der Waals surface area contributed by atoms with Gasteiger partial charge < -0.3 is 15.0 Å². The fraction of sp³-hybridized carbons (Fsp3) is 0.391. The third kappa shape index (κ3) is 7.06. The number of ether oxygens (including phenoxy) is 1. The number of hydrogen-bond acceptors (Lipinski definition) is 3. The first kappa shape index (κ1) is 21.5. The number of carbonyl (C=O) groups is 2. The molecule has 0 unspecified atom stereocenters. The van der Waals surface area contributed by atoms with E-state index in [1.54, 1.807) is 11.8 Å². The quantitative estimate of drug-likeness (QED) is 0.602. The molecule has 0 aromatic heterocycles. The molecule has 1 atom stereocenters. The average Bonchev–Trinajstić information content (AvgIpc) is 2.74. The second-order valence-electron chi connectivity index (χ2n) is 6.74. The van der Waals surface area contributed by atoms with Crippen molar-refractivity contribution in [1.82, 2.24) is 10.2 Å². The molecule has 1 N–H and O–H groups in total. The van der Waals surface area contributed by atoms with E-state index in [4.69, 9.17) is 4.74 Å². The molecule has 0 heterocycles. The second kappa shape index (κ2) is 11.8. The van der Waals surface area contributed by atoms with E-state index < -0.39 is 6.04 Å². The molecule has 2 aromatic rings. The monoisotopic (exact) mass is 382 g/mol. The van der Waals surface area contributed by atoms with Crippen LogP contribution in [-0.2, 0) is 16.1 Å². The minimum atomic E-state index is -0.519. The first-order valence-electron chi connectivity index (χ1n) is 9.90. The number of nitrogens with zero attached hydrogens (tertiary/aromatic N) is 1. The molecule has 0 saturated heterocycles. The molecule has 0 aliphatic heterocycles. The van der Waals surface area contributed by atoms with Crippen LogP contribution in [0.3, 0.4) is 0 Å². The molecule has 0 radical (unpaired) electrons. The van der Waals surface area contributed by atoms with Crippen LogP contribution in [0.5, 0.6) is 5.75 Å². The number of amides is 2. The van der Waals surface area contributed by atoms with Gasteiger partial charge in [-0.3, -0.25) is 9.59 Å². The molecule has 28 heavy (non-hydrogen) atoms. The van der Waals surface area contributed by atoms with Gasteiger partial charge in [-0.05, 0) is 37.5 Å². The van der Waals surface area contributed by atoms with Crippen LogP contribution >= 0.6 is 0 Å². The summed E-state index contributed by atoms with van der Waals surface area (Å²) in [6.07, 6.45) is 1.80. The van der Waals surface area contributed by atoms with Gasteiger partial charge in [0.2, 0.25) is 11.8 Å². The summed E-state index contributed by atoms with van der Waals surface area (Å²) in [5.74, 6) is 0.634. The fourth-order valence-electron chi connectivity index (χ4n) is 2.83. The van der Waals surface area contributed by atoms with Gasteiger partial charge >= 0.3 is 0 Å². The summed E-state index contributed by atoms with van der Waals surface area (Å²) < 4.78 is 5.67. The number of nitrogens with one attached hydrogen (secondary N) is 1. The van der Waals surface area contributed by atoms with Crippen LogP contribution in [0, 0.1) is 0 Å². The van der Waals surface area contributed by atoms with Crippen molar-refractivity contribution in [3.63, 3.8) is 0 Å². The van der Waals surface area contributed by atoms with Crippen molar-refractivity contribution in [3.05, 3.63) is 66.2 Å². The summed E-state index contributed by atoms with van der Waals surface area (Å²) in [5.41, 5.74) is 1.01. The van der Waals surface area contributed by atoms with Crippen LogP contribution in [0.1, 0.15) is 38.7 Å². The van der Waals surface area contributed by atoms with Gasteiger partial charge in [-0.1, -0.05) is 55.5 Å². The highest BCUT2D eigenvalue weighted by Crippen LogP contribution is 2.13. The van der Waals surface area contributed by atoms with Crippen molar-refractivity contribution in [2.24, 2.45) is 0 Å². The Kier molecular flexibility index (Phi) is 9.05. The molecule has 5 heteroatoms. The predicted octanol–water partition coefficient (Wildman–Crippen LogP) is 3.79. The molecule has 2 amide bonds. The van der Waals surface area contributed by atoms with Gasteiger partial charge in [-0.2, -0.15) is 0 Å². The van der Waals surface area contributed by atoms with Crippen LogP contribution in [0.25, 0.3) is 0 Å². The minimum Gasteiger partial charge on any atom is -0.494 e.